The molecule has 33 heavy (non-hydrogen) atoms. The molecule has 1 aliphatic rings. The quantitative estimate of drug-likeness (QED) is 0.552. The second-order valence-corrected chi connectivity index (χ2v) is 7.11. The number of rotatable bonds is 8. The Hall–Kier alpha value is -4.14. The monoisotopic (exact) mass is 451 g/mol. The van der Waals surface area contributed by atoms with Crippen molar-refractivity contribution < 1.29 is 28.5 Å². The molecule has 172 valence electrons. The molecule has 3 aromatic rings. The molecule has 4 rings (SSSR count). The van der Waals surface area contributed by atoms with Gasteiger partial charge in [-0.2, -0.15) is 0 Å². The molecule has 1 atom stereocenters. The summed E-state index contributed by atoms with van der Waals surface area (Å²) < 4.78 is 27.3. The normalized spacial score (nSPS) is 14.5. The molecule has 0 aliphatic carbocycles. The van der Waals surface area contributed by atoms with E-state index in [1.807, 2.05) is 0 Å². The predicted octanol–water partition coefficient (Wildman–Crippen LogP) is 3.90. The van der Waals surface area contributed by atoms with Crippen LogP contribution in [0.25, 0.3) is 0 Å². The number of nitrogens with one attached hydrogen (secondary N) is 1. The second kappa shape index (κ2) is 9.15. The maximum absolute atomic E-state index is 13.5. The minimum atomic E-state index is -0.627. The third-order valence-electron chi connectivity index (χ3n) is 5.42. The summed E-state index contributed by atoms with van der Waals surface area (Å²) in [5.74, 6) is 2.33. The maximum atomic E-state index is 13.5. The molecule has 9 nitrogen and oxygen atoms in total. The highest BCUT2D eigenvalue weighted by molar-refractivity contribution is 6.11. The number of nitrogens with zero attached hydrogens (tertiary/aromatic N) is 2. The van der Waals surface area contributed by atoms with Gasteiger partial charge in [0.25, 0.3) is 5.91 Å². The van der Waals surface area contributed by atoms with Crippen molar-refractivity contribution >= 4 is 17.3 Å². The molecule has 0 fully saturated rings. The Bertz CT molecular complexity index is 1160. The largest absolute Gasteiger partial charge is 0.497 e. The molecule has 0 saturated heterocycles. The van der Waals surface area contributed by atoms with Gasteiger partial charge in [-0.1, -0.05) is 0 Å². The highest BCUT2D eigenvalue weighted by Gasteiger charge is 2.40. The first-order valence-electron chi connectivity index (χ1n) is 10.1. The third-order valence-corrected chi connectivity index (χ3v) is 5.42. The van der Waals surface area contributed by atoms with Crippen molar-refractivity contribution in [1.29, 1.82) is 0 Å². The molecule has 9 heteroatoms. The molecule has 0 spiro atoms. The molecule has 0 bridgehead atoms. The number of hydrogen-bond acceptors (Lipinski definition) is 8. The summed E-state index contributed by atoms with van der Waals surface area (Å²) in [5.41, 5.74) is 2.27. The Morgan fingerprint density at radius 1 is 0.848 bits per heavy atom. The molecule has 0 unspecified atom stereocenters. The van der Waals surface area contributed by atoms with Crippen molar-refractivity contribution in [3.63, 3.8) is 0 Å². The number of amides is 1. The summed E-state index contributed by atoms with van der Waals surface area (Å²) >= 11 is 0. The van der Waals surface area contributed by atoms with Gasteiger partial charge in [0.05, 0.1) is 52.5 Å². The number of benzene rings is 2. The van der Waals surface area contributed by atoms with E-state index in [0.29, 0.717) is 51.4 Å². The van der Waals surface area contributed by atoms with E-state index in [2.05, 4.69) is 10.3 Å². The average molecular weight is 451 g/mol. The van der Waals surface area contributed by atoms with Gasteiger partial charge in [-0.05, 0) is 24.3 Å². The Labute approximate surface area is 191 Å². The van der Waals surface area contributed by atoms with Crippen LogP contribution in [-0.4, -0.2) is 46.4 Å². The minimum absolute atomic E-state index is 0.213. The van der Waals surface area contributed by atoms with Crippen LogP contribution in [0.2, 0.25) is 0 Å². The van der Waals surface area contributed by atoms with Crippen molar-refractivity contribution in [1.82, 2.24) is 4.98 Å². The van der Waals surface area contributed by atoms with E-state index >= 15 is 0 Å². The smallest absolute Gasteiger partial charge is 0.262 e. The van der Waals surface area contributed by atoms with E-state index in [9.17, 15) is 4.79 Å². The SMILES string of the molecule is COc1ccc(OC)c(N2C(=O)c3cccnc3[C@H]2Nc2cc(OC)c(OC)c(OC)c2)c1. The van der Waals surface area contributed by atoms with Crippen molar-refractivity contribution in [3.8, 4) is 28.7 Å². The lowest BCUT2D eigenvalue weighted by atomic mass is 10.2. The first-order chi connectivity index (χ1) is 16.1. The Morgan fingerprint density at radius 2 is 1.55 bits per heavy atom. The molecule has 1 aliphatic heterocycles. The van der Waals surface area contributed by atoms with E-state index < -0.39 is 6.17 Å². The predicted molar refractivity (Wildman–Crippen MR) is 123 cm³/mol. The van der Waals surface area contributed by atoms with Crippen LogP contribution in [0.4, 0.5) is 11.4 Å². The lowest BCUT2D eigenvalue weighted by Gasteiger charge is -2.28. The number of anilines is 2. The van der Waals surface area contributed by atoms with Crippen LogP contribution in [0.3, 0.4) is 0 Å². The zero-order valence-electron chi connectivity index (χ0n) is 19.0. The average Bonchev–Trinajstić information content (AvgIpc) is 3.14. The number of pyridine rings is 1. The molecule has 1 N–H and O–H groups in total. The zero-order valence-corrected chi connectivity index (χ0v) is 19.0. The number of aromatic nitrogens is 1. The van der Waals surface area contributed by atoms with Crippen molar-refractivity contribution in [2.75, 3.05) is 45.8 Å². The third kappa shape index (κ3) is 3.82. The van der Waals surface area contributed by atoms with Gasteiger partial charge >= 0.3 is 0 Å². The maximum Gasteiger partial charge on any atom is 0.262 e. The molecule has 2 heterocycles. The van der Waals surface area contributed by atoms with Crippen LogP contribution in [0.5, 0.6) is 28.7 Å². The van der Waals surface area contributed by atoms with E-state index in [-0.39, 0.29) is 5.91 Å². The summed E-state index contributed by atoms with van der Waals surface area (Å²) in [6.45, 7) is 0. The van der Waals surface area contributed by atoms with Crippen molar-refractivity contribution in [2.45, 2.75) is 6.17 Å². The topological polar surface area (TPSA) is 91.4 Å². The fourth-order valence-corrected chi connectivity index (χ4v) is 3.87. The van der Waals surface area contributed by atoms with E-state index in [1.54, 1.807) is 89.1 Å². The van der Waals surface area contributed by atoms with Crippen LogP contribution in [0.15, 0.2) is 48.7 Å². The fraction of sp³-hybridized carbons (Fsp3) is 0.250. The van der Waals surface area contributed by atoms with Crippen molar-refractivity contribution in [2.24, 2.45) is 0 Å². The Balaban J connectivity index is 1.84. The first-order valence-corrected chi connectivity index (χ1v) is 10.1. The number of fused-ring (bicyclic) bond motifs is 1. The molecule has 1 amide bonds. The van der Waals surface area contributed by atoms with Gasteiger partial charge in [-0.3, -0.25) is 14.7 Å². The van der Waals surface area contributed by atoms with Gasteiger partial charge in [0.2, 0.25) is 5.75 Å². The highest BCUT2D eigenvalue weighted by Crippen LogP contribution is 2.45. The van der Waals surface area contributed by atoms with Gasteiger partial charge in [0.15, 0.2) is 17.7 Å². The van der Waals surface area contributed by atoms with E-state index in [4.69, 9.17) is 23.7 Å². The van der Waals surface area contributed by atoms with Gasteiger partial charge in [-0.25, -0.2) is 0 Å². The fourth-order valence-electron chi connectivity index (χ4n) is 3.87. The Morgan fingerprint density at radius 3 is 2.15 bits per heavy atom. The zero-order chi connectivity index (χ0) is 23.5. The van der Waals surface area contributed by atoms with E-state index in [1.165, 1.54) is 0 Å². The molecular weight excluding hydrogens is 426 g/mol. The summed E-state index contributed by atoms with van der Waals surface area (Å²) in [4.78, 5) is 19.6. The van der Waals surface area contributed by atoms with Gasteiger partial charge in [0.1, 0.15) is 11.5 Å². The number of methoxy groups -OCH3 is 5. The lowest BCUT2D eigenvalue weighted by molar-refractivity contribution is 0.0992. The summed E-state index contributed by atoms with van der Waals surface area (Å²) in [7, 11) is 7.76. The molecule has 0 saturated carbocycles. The molecular formula is C24H25N3O6. The van der Waals surface area contributed by atoms with Crippen LogP contribution < -0.4 is 33.9 Å². The number of carbonyl (C=O) groups excluding carboxylic acids is 1. The molecule has 1 aromatic heterocycles. The summed E-state index contributed by atoms with van der Waals surface area (Å²) in [5, 5.41) is 3.40. The van der Waals surface area contributed by atoms with Gasteiger partial charge in [0, 0.05) is 30.1 Å². The van der Waals surface area contributed by atoms with Gasteiger partial charge < -0.3 is 29.0 Å². The lowest BCUT2D eigenvalue weighted by Crippen LogP contribution is -2.32. The van der Waals surface area contributed by atoms with E-state index in [0.717, 1.165) is 0 Å². The molecule has 0 radical (unpaired) electrons. The Kier molecular flexibility index (Phi) is 6.12. The molecule has 2 aromatic carbocycles. The van der Waals surface area contributed by atoms with Crippen LogP contribution in [0, 0.1) is 0 Å². The first kappa shape index (κ1) is 22.1. The highest BCUT2D eigenvalue weighted by atomic mass is 16.5. The number of ether oxygens (including phenoxy) is 5. The number of carbonyl (C=O) groups is 1. The van der Waals surface area contributed by atoms with Crippen molar-refractivity contribution in [3.05, 3.63) is 59.9 Å². The second-order valence-electron chi connectivity index (χ2n) is 7.11. The van der Waals surface area contributed by atoms with Crippen LogP contribution in [0.1, 0.15) is 22.2 Å². The summed E-state index contributed by atoms with van der Waals surface area (Å²) in [6.07, 6.45) is 1.03. The minimum Gasteiger partial charge on any atom is -0.497 e. The standard InChI is InChI=1S/C24H25N3O6/c1-29-15-8-9-18(30-2)17(13-15)27-23(21-16(24(27)28)7-6-10-25-21)26-14-11-19(31-3)22(33-5)20(12-14)32-4/h6-13,23,26H,1-5H3/t23-/m0/s1. The van der Waals surface area contributed by atoms with Gasteiger partial charge in [-0.15, -0.1) is 0 Å². The summed E-state index contributed by atoms with van der Waals surface area (Å²) in [6, 6.07) is 12.3. The van der Waals surface area contributed by atoms with Crippen LogP contribution in [-0.2, 0) is 0 Å². The number of hydrogen-bond donors (Lipinski definition) is 1. The van der Waals surface area contributed by atoms with Crippen LogP contribution >= 0.6 is 0 Å².